The van der Waals surface area contributed by atoms with Gasteiger partial charge in [0.05, 0.1) is 18.3 Å². The van der Waals surface area contributed by atoms with Gasteiger partial charge in [-0.05, 0) is 98.7 Å². The van der Waals surface area contributed by atoms with Crippen LogP contribution in [0.5, 0.6) is 5.75 Å². The Labute approximate surface area is 234 Å². The van der Waals surface area contributed by atoms with E-state index in [0.29, 0.717) is 12.4 Å². The lowest BCUT2D eigenvalue weighted by Gasteiger charge is -2.56. The Bertz CT molecular complexity index is 1260. The van der Waals surface area contributed by atoms with Gasteiger partial charge in [-0.15, -0.1) is 0 Å². The number of carbonyl (C=O) groups excluding carboxylic acids is 2. The third-order valence-corrected chi connectivity index (χ3v) is 10.1. The highest BCUT2D eigenvalue weighted by Crippen LogP contribution is 2.60. The molecule has 0 radical (unpaired) electrons. The van der Waals surface area contributed by atoms with Gasteiger partial charge in [0.25, 0.3) is 5.91 Å². The van der Waals surface area contributed by atoms with Crippen molar-refractivity contribution in [1.29, 1.82) is 0 Å². The van der Waals surface area contributed by atoms with Crippen molar-refractivity contribution in [3.05, 3.63) is 65.0 Å². The molecule has 5 aliphatic carbocycles. The molecule has 7 heteroatoms. The number of hydrogen-bond acceptors (Lipinski definition) is 5. The van der Waals surface area contributed by atoms with Crippen molar-refractivity contribution in [3.8, 4) is 5.75 Å². The van der Waals surface area contributed by atoms with E-state index in [9.17, 15) is 14.7 Å². The fraction of sp³-hybridized carbons (Fsp3) is 0.576. The van der Waals surface area contributed by atoms with Crippen molar-refractivity contribution in [1.82, 2.24) is 4.90 Å². The van der Waals surface area contributed by atoms with Crippen LogP contribution in [0.25, 0.3) is 0 Å². The van der Waals surface area contributed by atoms with Crippen molar-refractivity contribution in [3.63, 3.8) is 0 Å². The Morgan fingerprint density at radius 1 is 0.975 bits per heavy atom. The van der Waals surface area contributed by atoms with Gasteiger partial charge < -0.3 is 19.5 Å². The van der Waals surface area contributed by atoms with E-state index >= 15 is 4.39 Å². The molecule has 5 saturated carbocycles. The molecule has 1 N–H and O–H groups in total. The molecule has 1 amide bonds. The molecule has 212 valence electrons. The topological polar surface area (TPSA) is 76.1 Å². The molecule has 2 aromatic carbocycles. The van der Waals surface area contributed by atoms with Crippen molar-refractivity contribution in [2.75, 3.05) is 13.2 Å². The quantitative estimate of drug-likeness (QED) is 0.435. The SMILES string of the molecule is O=C(OCc1ccccc1)[C@@H]1[C@H](O)CCN1C(=O)c1cc(C2CC2)c(OCC23CC4CC(CC(C4)C2)C3)cc1F. The lowest BCUT2D eigenvalue weighted by molar-refractivity contribution is -0.152. The summed E-state index contributed by atoms with van der Waals surface area (Å²) in [5.74, 6) is 1.35. The molecule has 6 aliphatic rings. The fourth-order valence-electron chi connectivity index (χ4n) is 8.53. The lowest BCUT2D eigenvalue weighted by atomic mass is 9.50. The van der Waals surface area contributed by atoms with E-state index in [4.69, 9.17) is 9.47 Å². The molecule has 4 bridgehead atoms. The maximum atomic E-state index is 15.6. The monoisotopic (exact) mass is 547 g/mol. The number of esters is 1. The van der Waals surface area contributed by atoms with E-state index < -0.39 is 29.8 Å². The summed E-state index contributed by atoms with van der Waals surface area (Å²) in [6.45, 7) is 0.824. The van der Waals surface area contributed by atoms with E-state index in [1.807, 2.05) is 30.3 Å². The van der Waals surface area contributed by atoms with Crippen molar-refractivity contribution in [2.45, 2.75) is 82.5 Å². The number of likely N-dealkylation sites (tertiary alicyclic amines) is 1. The fourth-order valence-corrected chi connectivity index (χ4v) is 8.53. The molecule has 0 unspecified atom stereocenters. The summed E-state index contributed by atoms with van der Waals surface area (Å²) >= 11 is 0. The van der Waals surface area contributed by atoms with Crippen LogP contribution in [0.3, 0.4) is 0 Å². The Morgan fingerprint density at radius 3 is 2.30 bits per heavy atom. The molecule has 1 aliphatic heterocycles. The maximum absolute atomic E-state index is 15.6. The number of ether oxygens (including phenoxy) is 2. The third-order valence-electron chi connectivity index (χ3n) is 10.1. The molecule has 2 aromatic rings. The first-order chi connectivity index (χ1) is 19.4. The second-order valence-corrected chi connectivity index (χ2v) is 13.2. The summed E-state index contributed by atoms with van der Waals surface area (Å²) in [7, 11) is 0. The molecule has 8 rings (SSSR count). The first-order valence-electron chi connectivity index (χ1n) is 15.0. The van der Waals surface area contributed by atoms with Crippen molar-refractivity contribution in [2.24, 2.45) is 23.2 Å². The van der Waals surface area contributed by atoms with Gasteiger partial charge in [-0.25, -0.2) is 9.18 Å². The lowest BCUT2D eigenvalue weighted by Crippen LogP contribution is -2.48. The highest BCUT2D eigenvalue weighted by atomic mass is 19.1. The van der Waals surface area contributed by atoms with Crippen molar-refractivity contribution < 1.29 is 28.6 Å². The van der Waals surface area contributed by atoms with E-state index in [2.05, 4.69) is 0 Å². The second-order valence-electron chi connectivity index (χ2n) is 13.2. The molecule has 1 saturated heterocycles. The Morgan fingerprint density at radius 2 is 1.65 bits per heavy atom. The molecule has 0 aromatic heterocycles. The van der Waals surface area contributed by atoms with Crippen LogP contribution in [0.2, 0.25) is 0 Å². The molecule has 1 heterocycles. The van der Waals surface area contributed by atoms with E-state index in [1.54, 1.807) is 6.07 Å². The van der Waals surface area contributed by atoms with Crippen LogP contribution in [-0.4, -0.2) is 47.2 Å². The number of aliphatic hydroxyl groups is 1. The Kier molecular flexibility index (Phi) is 6.61. The predicted molar refractivity (Wildman–Crippen MR) is 146 cm³/mol. The zero-order valence-corrected chi connectivity index (χ0v) is 22.9. The summed E-state index contributed by atoms with van der Waals surface area (Å²) in [5.41, 5.74) is 1.83. The van der Waals surface area contributed by atoms with Crippen molar-refractivity contribution >= 4 is 11.9 Å². The molecule has 0 spiro atoms. The van der Waals surface area contributed by atoms with Crippen LogP contribution in [-0.2, 0) is 16.1 Å². The minimum Gasteiger partial charge on any atom is -0.493 e. The molecule has 2 atom stereocenters. The number of carbonyl (C=O) groups is 2. The van der Waals surface area contributed by atoms with Gasteiger partial charge in [0.1, 0.15) is 18.2 Å². The molecule has 6 fully saturated rings. The standard InChI is InChI=1S/C33H38FNO5/c34-27-14-29(40-19-33-15-21-10-22(16-33)12-23(11-21)17-33)25(24-6-7-24)13-26(27)31(37)35-9-8-28(36)30(35)32(38)39-18-20-4-2-1-3-5-20/h1-5,13-14,21-24,28,30,36H,6-12,15-19H2/t21?,22?,23?,28-,30+,33?/m1/s1. The molecular formula is C33H38FNO5. The minimum atomic E-state index is -1.16. The highest BCUT2D eigenvalue weighted by molar-refractivity contribution is 5.98. The van der Waals surface area contributed by atoms with Crippen LogP contribution in [0.1, 0.15) is 85.2 Å². The zero-order chi connectivity index (χ0) is 27.4. The van der Waals surface area contributed by atoms with Gasteiger partial charge in [0.2, 0.25) is 0 Å². The van der Waals surface area contributed by atoms with E-state index in [1.165, 1.54) is 49.5 Å². The first kappa shape index (κ1) is 26.0. The van der Waals surface area contributed by atoms with Gasteiger partial charge in [0.15, 0.2) is 6.04 Å². The molecule has 40 heavy (non-hydrogen) atoms. The largest absolute Gasteiger partial charge is 0.493 e. The number of rotatable bonds is 8. The zero-order valence-electron chi connectivity index (χ0n) is 22.9. The normalized spacial score (nSPS) is 32.4. The number of nitrogens with zero attached hydrogens (tertiary/aromatic N) is 1. The number of amides is 1. The second kappa shape index (κ2) is 10.2. The van der Waals surface area contributed by atoms with Gasteiger partial charge in [-0.2, -0.15) is 0 Å². The molecular weight excluding hydrogens is 509 g/mol. The van der Waals surface area contributed by atoms with Crippen LogP contribution in [0, 0.1) is 29.0 Å². The van der Waals surface area contributed by atoms with Crippen LogP contribution >= 0.6 is 0 Å². The summed E-state index contributed by atoms with van der Waals surface area (Å²) < 4.78 is 27.5. The Hall–Kier alpha value is -2.93. The van der Waals surface area contributed by atoms with Crippen LogP contribution in [0.4, 0.5) is 4.39 Å². The predicted octanol–water partition coefficient (Wildman–Crippen LogP) is 5.62. The smallest absolute Gasteiger partial charge is 0.331 e. The van der Waals surface area contributed by atoms with Gasteiger partial charge in [0, 0.05) is 18.0 Å². The highest BCUT2D eigenvalue weighted by Gasteiger charge is 2.51. The minimum absolute atomic E-state index is 0.0425. The average molecular weight is 548 g/mol. The van der Waals surface area contributed by atoms with Crippen LogP contribution < -0.4 is 4.74 Å². The summed E-state index contributed by atoms with van der Waals surface area (Å²) in [5, 5.41) is 10.6. The number of hydrogen-bond donors (Lipinski definition) is 1. The third kappa shape index (κ3) is 4.91. The van der Waals surface area contributed by atoms with E-state index in [0.717, 1.165) is 41.7 Å². The molecule has 6 nitrogen and oxygen atoms in total. The number of benzene rings is 2. The maximum Gasteiger partial charge on any atom is 0.331 e. The average Bonchev–Trinajstić information content (AvgIpc) is 3.71. The summed E-state index contributed by atoms with van der Waals surface area (Å²) in [6, 6.07) is 11.1. The number of aliphatic hydroxyl groups excluding tert-OH is 1. The van der Waals surface area contributed by atoms with Crippen LogP contribution in [0.15, 0.2) is 42.5 Å². The summed E-state index contributed by atoms with van der Waals surface area (Å²) in [4.78, 5) is 27.8. The van der Waals surface area contributed by atoms with Gasteiger partial charge in [-0.3, -0.25) is 4.79 Å². The Balaban J connectivity index is 1.08. The van der Waals surface area contributed by atoms with E-state index in [-0.39, 0.29) is 36.5 Å². The first-order valence-corrected chi connectivity index (χ1v) is 15.0. The van der Waals surface area contributed by atoms with Gasteiger partial charge in [-0.1, -0.05) is 30.3 Å². The summed E-state index contributed by atoms with van der Waals surface area (Å²) in [6.07, 6.45) is 8.91. The number of halogens is 1. The van der Waals surface area contributed by atoms with Gasteiger partial charge >= 0.3 is 5.97 Å².